The number of hydrogen-bond donors (Lipinski definition) is 1. The monoisotopic (exact) mass is 185 g/mol. The van der Waals surface area contributed by atoms with Crippen LogP contribution in [-0.4, -0.2) is 34.6 Å². The van der Waals surface area contributed by atoms with Crippen molar-refractivity contribution in [2.24, 2.45) is 5.92 Å². The van der Waals surface area contributed by atoms with E-state index in [-0.39, 0.29) is 11.5 Å². The van der Waals surface area contributed by atoms with Gasteiger partial charge in [0.2, 0.25) is 0 Å². The number of likely N-dealkylation sites (tertiary alicyclic amines) is 1. The fourth-order valence-electron chi connectivity index (χ4n) is 1.79. The number of rotatable bonds is 1. The Kier molecular flexibility index (Phi) is 2.96. The Hall–Kier alpha value is -0.570. The lowest BCUT2D eigenvalue weighted by atomic mass is 9.94. The molecule has 1 N–H and O–H groups in total. The van der Waals surface area contributed by atoms with Crippen molar-refractivity contribution in [2.45, 2.75) is 39.2 Å². The van der Waals surface area contributed by atoms with Crippen LogP contribution in [0, 0.1) is 5.92 Å². The van der Waals surface area contributed by atoms with Crippen LogP contribution in [0.3, 0.4) is 0 Å². The first-order valence-corrected chi connectivity index (χ1v) is 4.89. The van der Waals surface area contributed by atoms with Crippen LogP contribution in [0.4, 0.5) is 0 Å². The molecule has 0 aromatic rings. The molecule has 1 saturated heterocycles. The topological polar surface area (TPSA) is 40.5 Å². The highest BCUT2D eigenvalue weighted by molar-refractivity contribution is 5.70. The molecular weight excluding hydrogens is 166 g/mol. The molecule has 13 heavy (non-hydrogen) atoms. The molecule has 0 radical (unpaired) electrons. The van der Waals surface area contributed by atoms with Crippen LogP contribution in [0.2, 0.25) is 0 Å². The summed E-state index contributed by atoms with van der Waals surface area (Å²) in [5.74, 6) is -0.804. The summed E-state index contributed by atoms with van der Waals surface area (Å²) in [5, 5.41) is 8.90. The van der Waals surface area contributed by atoms with E-state index in [1.165, 1.54) is 0 Å². The van der Waals surface area contributed by atoms with Crippen molar-refractivity contribution in [1.82, 2.24) is 4.90 Å². The summed E-state index contributed by atoms with van der Waals surface area (Å²) >= 11 is 0. The van der Waals surface area contributed by atoms with E-state index in [0.29, 0.717) is 6.54 Å². The summed E-state index contributed by atoms with van der Waals surface area (Å²) in [6.45, 7) is 8.15. The molecule has 0 bridgehead atoms. The largest absolute Gasteiger partial charge is 0.481 e. The average Bonchev–Trinajstić information content (AvgIpc) is 2.03. The number of carboxylic acid groups (broad SMARTS) is 1. The lowest BCUT2D eigenvalue weighted by Gasteiger charge is -2.40. The van der Waals surface area contributed by atoms with Gasteiger partial charge in [-0.3, -0.25) is 9.69 Å². The summed E-state index contributed by atoms with van der Waals surface area (Å²) in [4.78, 5) is 13.1. The summed E-state index contributed by atoms with van der Waals surface area (Å²) < 4.78 is 0. The Morgan fingerprint density at radius 1 is 1.46 bits per heavy atom. The molecule has 3 nitrogen and oxygen atoms in total. The predicted octanol–water partition coefficient (Wildman–Crippen LogP) is 1.58. The van der Waals surface area contributed by atoms with E-state index in [9.17, 15) is 4.79 Å². The summed E-state index contributed by atoms with van der Waals surface area (Å²) in [5.41, 5.74) is 0.105. The van der Waals surface area contributed by atoms with Crippen LogP contribution in [0.15, 0.2) is 0 Å². The molecule has 1 aliphatic heterocycles. The molecule has 0 unspecified atom stereocenters. The summed E-state index contributed by atoms with van der Waals surface area (Å²) in [7, 11) is 0. The van der Waals surface area contributed by atoms with Gasteiger partial charge in [0.25, 0.3) is 0 Å². The minimum Gasteiger partial charge on any atom is -0.481 e. The normalized spacial score (nSPS) is 25.9. The van der Waals surface area contributed by atoms with E-state index < -0.39 is 5.97 Å². The lowest BCUT2D eigenvalue weighted by molar-refractivity contribution is -0.144. The third-order valence-corrected chi connectivity index (χ3v) is 2.72. The third-order valence-electron chi connectivity index (χ3n) is 2.72. The molecule has 0 aliphatic carbocycles. The molecule has 76 valence electrons. The van der Waals surface area contributed by atoms with E-state index in [2.05, 4.69) is 25.7 Å². The van der Waals surface area contributed by atoms with Crippen molar-refractivity contribution < 1.29 is 9.90 Å². The Balaban J connectivity index is 2.57. The van der Waals surface area contributed by atoms with E-state index >= 15 is 0 Å². The molecule has 1 heterocycles. The molecule has 0 aromatic heterocycles. The average molecular weight is 185 g/mol. The van der Waals surface area contributed by atoms with Gasteiger partial charge in [0.1, 0.15) is 0 Å². The van der Waals surface area contributed by atoms with Crippen LogP contribution in [0.1, 0.15) is 33.6 Å². The maximum Gasteiger partial charge on any atom is 0.307 e. The van der Waals surface area contributed by atoms with E-state index in [0.717, 1.165) is 19.4 Å². The van der Waals surface area contributed by atoms with Gasteiger partial charge in [-0.25, -0.2) is 0 Å². The smallest absolute Gasteiger partial charge is 0.307 e. The van der Waals surface area contributed by atoms with Gasteiger partial charge in [0.15, 0.2) is 0 Å². The van der Waals surface area contributed by atoms with Gasteiger partial charge in [-0.05, 0) is 40.2 Å². The number of aliphatic carboxylic acids is 1. The molecule has 1 fully saturated rings. The van der Waals surface area contributed by atoms with Gasteiger partial charge in [-0.15, -0.1) is 0 Å². The van der Waals surface area contributed by atoms with Crippen molar-refractivity contribution in [3.05, 3.63) is 0 Å². The Bertz CT molecular complexity index is 196. The maximum atomic E-state index is 10.8. The van der Waals surface area contributed by atoms with Gasteiger partial charge in [-0.1, -0.05) is 0 Å². The van der Waals surface area contributed by atoms with Crippen molar-refractivity contribution in [2.75, 3.05) is 13.1 Å². The quantitative estimate of drug-likeness (QED) is 0.674. The van der Waals surface area contributed by atoms with Gasteiger partial charge in [-0.2, -0.15) is 0 Å². The third kappa shape index (κ3) is 2.69. The molecule has 0 spiro atoms. The van der Waals surface area contributed by atoms with Gasteiger partial charge in [0, 0.05) is 12.1 Å². The second-order valence-electron chi connectivity index (χ2n) is 4.79. The molecule has 0 amide bonds. The van der Waals surface area contributed by atoms with Crippen LogP contribution in [0.25, 0.3) is 0 Å². The minimum atomic E-state index is -0.644. The fraction of sp³-hybridized carbons (Fsp3) is 0.900. The highest BCUT2D eigenvalue weighted by atomic mass is 16.4. The van der Waals surface area contributed by atoms with Crippen molar-refractivity contribution in [1.29, 1.82) is 0 Å². The molecule has 0 saturated carbocycles. The van der Waals surface area contributed by atoms with Crippen LogP contribution >= 0.6 is 0 Å². The first-order valence-electron chi connectivity index (χ1n) is 4.89. The SMILES string of the molecule is CC(C)(C)N1CCC[C@@H](C(=O)O)C1. The van der Waals surface area contributed by atoms with Crippen LogP contribution < -0.4 is 0 Å². The van der Waals surface area contributed by atoms with Gasteiger partial charge >= 0.3 is 5.97 Å². The molecule has 1 aliphatic rings. The van der Waals surface area contributed by atoms with E-state index in [4.69, 9.17) is 5.11 Å². The van der Waals surface area contributed by atoms with Crippen molar-refractivity contribution in [3.63, 3.8) is 0 Å². The van der Waals surface area contributed by atoms with Crippen LogP contribution in [0.5, 0.6) is 0 Å². The Labute approximate surface area is 79.7 Å². The zero-order chi connectivity index (χ0) is 10.1. The van der Waals surface area contributed by atoms with Gasteiger partial charge < -0.3 is 5.11 Å². The molecule has 3 heteroatoms. The molecular formula is C10H19NO2. The maximum absolute atomic E-state index is 10.8. The first-order chi connectivity index (χ1) is 5.91. The summed E-state index contributed by atoms with van der Waals surface area (Å²) in [6, 6.07) is 0. The zero-order valence-corrected chi connectivity index (χ0v) is 8.71. The highest BCUT2D eigenvalue weighted by Crippen LogP contribution is 2.23. The molecule has 1 atom stereocenters. The fourth-order valence-corrected chi connectivity index (χ4v) is 1.79. The molecule has 0 aromatic carbocycles. The van der Waals surface area contributed by atoms with Gasteiger partial charge in [0.05, 0.1) is 5.92 Å². The highest BCUT2D eigenvalue weighted by Gasteiger charge is 2.30. The Morgan fingerprint density at radius 2 is 2.08 bits per heavy atom. The Morgan fingerprint density at radius 3 is 2.54 bits per heavy atom. The number of carbonyl (C=O) groups is 1. The van der Waals surface area contributed by atoms with E-state index in [1.807, 2.05) is 0 Å². The predicted molar refractivity (Wildman–Crippen MR) is 51.7 cm³/mol. The standard InChI is InChI=1S/C10H19NO2/c1-10(2,3)11-6-4-5-8(7-11)9(12)13/h8H,4-7H2,1-3H3,(H,12,13)/t8-/m1/s1. The van der Waals surface area contributed by atoms with Crippen LogP contribution in [-0.2, 0) is 4.79 Å². The number of nitrogens with zero attached hydrogens (tertiary/aromatic N) is 1. The number of piperidine rings is 1. The minimum absolute atomic E-state index is 0.105. The summed E-state index contributed by atoms with van der Waals surface area (Å²) in [6.07, 6.45) is 1.84. The second kappa shape index (κ2) is 3.66. The lowest BCUT2D eigenvalue weighted by Crippen LogP contribution is -2.48. The second-order valence-corrected chi connectivity index (χ2v) is 4.79. The number of carboxylic acids is 1. The first kappa shape index (κ1) is 10.5. The zero-order valence-electron chi connectivity index (χ0n) is 8.71. The molecule has 1 rings (SSSR count). The van der Waals surface area contributed by atoms with E-state index in [1.54, 1.807) is 0 Å². The van der Waals surface area contributed by atoms with Crippen molar-refractivity contribution in [3.8, 4) is 0 Å². The van der Waals surface area contributed by atoms with Crippen molar-refractivity contribution >= 4 is 5.97 Å². The number of hydrogen-bond acceptors (Lipinski definition) is 2.